The van der Waals surface area contributed by atoms with Crippen LogP contribution in [0, 0.1) is 0 Å². The molecule has 0 aliphatic heterocycles. The molecule has 5 nitrogen and oxygen atoms in total. The molecule has 1 aromatic rings. The third-order valence-corrected chi connectivity index (χ3v) is 2.51. The first-order valence-corrected chi connectivity index (χ1v) is 4.73. The van der Waals surface area contributed by atoms with E-state index in [0.29, 0.717) is 5.69 Å². The molecule has 1 fully saturated rings. The van der Waals surface area contributed by atoms with E-state index in [4.69, 9.17) is 10.2 Å². The number of hydrogen-bond donors (Lipinski definition) is 2. The molecule has 2 rings (SSSR count). The van der Waals surface area contributed by atoms with Crippen molar-refractivity contribution in [1.29, 1.82) is 0 Å². The summed E-state index contributed by atoms with van der Waals surface area (Å²) in [5.74, 6) is -1.71. The molecule has 0 saturated heterocycles. The molecule has 0 bridgehead atoms. The Bertz CT molecular complexity index is 417. The standard InChI is InChI=1S/C10H11NO4/c12-8(13)5-11-4-3-7(10(14)15)9(11)6-1-2-6/h3-4,6H,1-2,5H2,(H,12,13)(H,14,15). The highest BCUT2D eigenvalue weighted by Gasteiger charge is 2.31. The van der Waals surface area contributed by atoms with Gasteiger partial charge in [0.05, 0.1) is 5.56 Å². The molecule has 0 amide bonds. The van der Waals surface area contributed by atoms with Crippen LogP contribution in [0.3, 0.4) is 0 Å². The van der Waals surface area contributed by atoms with E-state index in [-0.39, 0.29) is 18.0 Å². The average molecular weight is 209 g/mol. The number of aromatic nitrogens is 1. The lowest BCUT2D eigenvalue weighted by molar-refractivity contribution is -0.137. The van der Waals surface area contributed by atoms with Crippen LogP contribution < -0.4 is 0 Å². The highest BCUT2D eigenvalue weighted by molar-refractivity contribution is 5.89. The smallest absolute Gasteiger partial charge is 0.337 e. The van der Waals surface area contributed by atoms with Gasteiger partial charge in [0.2, 0.25) is 0 Å². The monoisotopic (exact) mass is 209 g/mol. The van der Waals surface area contributed by atoms with Crippen LogP contribution in [-0.4, -0.2) is 26.7 Å². The predicted molar refractivity (Wildman–Crippen MR) is 51.0 cm³/mol. The maximum Gasteiger partial charge on any atom is 0.337 e. The van der Waals surface area contributed by atoms with Gasteiger partial charge in [-0.2, -0.15) is 0 Å². The molecule has 1 aliphatic carbocycles. The first kappa shape index (κ1) is 9.76. The lowest BCUT2D eigenvalue weighted by Crippen LogP contribution is -2.12. The van der Waals surface area contributed by atoms with Gasteiger partial charge < -0.3 is 14.8 Å². The summed E-state index contributed by atoms with van der Waals surface area (Å²) < 4.78 is 1.52. The van der Waals surface area contributed by atoms with Crippen LogP contribution in [0.5, 0.6) is 0 Å². The Morgan fingerprint density at radius 3 is 2.53 bits per heavy atom. The second-order valence-corrected chi connectivity index (χ2v) is 3.72. The topological polar surface area (TPSA) is 79.5 Å². The van der Waals surface area contributed by atoms with E-state index in [1.54, 1.807) is 0 Å². The van der Waals surface area contributed by atoms with Gasteiger partial charge in [-0.25, -0.2) is 4.79 Å². The number of aromatic carboxylic acids is 1. The molecule has 5 heteroatoms. The molecule has 15 heavy (non-hydrogen) atoms. The quantitative estimate of drug-likeness (QED) is 0.779. The van der Waals surface area contributed by atoms with E-state index in [1.165, 1.54) is 16.8 Å². The van der Waals surface area contributed by atoms with E-state index < -0.39 is 11.9 Å². The van der Waals surface area contributed by atoms with Gasteiger partial charge >= 0.3 is 11.9 Å². The van der Waals surface area contributed by atoms with Gasteiger partial charge in [-0.1, -0.05) is 0 Å². The van der Waals surface area contributed by atoms with Crippen LogP contribution in [0.1, 0.15) is 34.8 Å². The van der Waals surface area contributed by atoms with Gasteiger partial charge in [0.15, 0.2) is 0 Å². The largest absolute Gasteiger partial charge is 0.480 e. The minimum Gasteiger partial charge on any atom is -0.480 e. The number of carboxylic acid groups (broad SMARTS) is 2. The third kappa shape index (κ3) is 1.86. The maximum atomic E-state index is 10.9. The minimum absolute atomic E-state index is 0.168. The minimum atomic E-state index is -0.985. The molecular weight excluding hydrogens is 198 g/mol. The number of carboxylic acids is 2. The van der Waals surface area contributed by atoms with Crippen molar-refractivity contribution in [1.82, 2.24) is 4.57 Å². The summed E-state index contributed by atoms with van der Waals surface area (Å²) in [5, 5.41) is 17.6. The Morgan fingerprint density at radius 1 is 1.40 bits per heavy atom. The van der Waals surface area contributed by atoms with Gasteiger partial charge in [-0.15, -0.1) is 0 Å². The molecular formula is C10H11NO4. The van der Waals surface area contributed by atoms with E-state index >= 15 is 0 Å². The van der Waals surface area contributed by atoms with Crippen LogP contribution >= 0.6 is 0 Å². The summed E-state index contributed by atoms with van der Waals surface area (Å²) in [6.45, 7) is -0.168. The van der Waals surface area contributed by atoms with Crippen molar-refractivity contribution in [3.05, 3.63) is 23.5 Å². The Balaban J connectivity index is 2.37. The second-order valence-electron chi connectivity index (χ2n) is 3.72. The zero-order valence-electron chi connectivity index (χ0n) is 8.01. The van der Waals surface area contributed by atoms with Gasteiger partial charge in [-0.05, 0) is 18.9 Å². The van der Waals surface area contributed by atoms with Crippen LogP contribution in [0.2, 0.25) is 0 Å². The van der Waals surface area contributed by atoms with Gasteiger partial charge in [0.1, 0.15) is 6.54 Å². The van der Waals surface area contributed by atoms with Crippen LogP contribution in [0.25, 0.3) is 0 Å². The molecule has 2 N–H and O–H groups in total. The number of carbonyl (C=O) groups is 2. The van der Waals surface area contributed by atoms with Crippen molar-refractivity contribution < 1.29 is 19.8 Å². The summed E-state index contributed by atoms with van der Waals surface area (Å²) in [6, 6.07) is 1.47. The molecule has 0 spiro atoms. The summed E-state index contributed by atoms with van der Waals surface area (Å²) in [6.07, 6.45) is 3.43. The zero-order valence-corrected chi connectivity index (χ0v) is 8.01. The molecule has 1 aromatic heterocycles. The molecule has 0 aromatic carbocycles. The van der Waals surface area contributed by atoms with Gasteiger partial charge in [-0.3, -0.25) is 4.79 Å². The Labute approximate surface area is 85.9 Å². The van der Waals surface area contributed by atoms with Crippen molar-refractivity contribution >= 4 is 11.9 Å². The Hall–Kier alpha value is -1.78. The fraction of sp³-hybridized carbons (Fsp3) is 0.400. The average Bonchev–Trinajstić information content (AvgIpc) is 2.87. The second kappa shape index (κ2) is 3.42. The molecule has 0 atom stereocenters. The summed E-state index contributed by atoms with van der Waals surface area (Å²) in [4.78, 5) is 21.5. The number of rotatable bonds is 4. The lowest BCUT2D eigenvalue weighted by Gasteiger charge is -2.06. The number of hydrogen-bond acceptors (Lipinski definition) is 2. The first-order chi connectivity index (χ1) is 7.09. The van der Waals surface area contributed by atoms with Crippen molar-refractivity contribution in [3.8, 4) is 0 Å². The van der Waals surface area contributed by atoms with Crippen molar-refractivity contribution in [2.75, 3.05) is 0 Å². The Kier molecular flexibility index (Phi) is 2.22. The first-order valence-electron chi connectivity index (χ1n) is 4.73. The fourth-order valence-electron chi connectivity index (χ4n) is 1.76. The summed E-state index contributed by atoms with van der Waals surface area (Å²) in [5.41, 5.74) is 0.892. The molecule has 1 heterocycles. The normalized spacial score (nSPS) is 15.2. The van der Waals surface area contributed by atoms with E-state index in [0.717, 1.165) is 12.8 Å². The molecule has 1 saturated carbocycles. The zero-order chi connectivity index (χ0) is 11.0. The molecule has 0 unspecified atom stereocenters. The number of aliphatic carboxylic acids is 1. The van der Waals surface area contributed by atoms with Crippen molar-refractivity contribution in [2.45, 2.75) is 25.3 Å². The van der Waals surface area contributed by atoms with Gasteiger partial charge in [0, 0.05) is 17.8 Å². The maximum absolute atomic E-state index is 10.9. The van der Waals surface area contributed by atoms with Crippen LogP contribution in [-0.2, 0) is 11.3 Å². The molecule has 80 valence electrons. The summed E-state index contributed by atoms with van der Waals surface area (Å²) >= 11 is 0. The molecule has 0 radical (unpaired) electrons. The molecule has 1 aliphatic rings. The van der Waals surface area contributed by atoms with Crippen LogP contribution in [0.15, 0.2) is 12.3 Å². The van der Waals surface area contributed by atoms with E-state index in [1.807, 2.05) is 0 Å². The fourth-order valence-corrected chi connectivity index (χ4v) is 1.76. The highest BCUT2D eigenvalue weighted by atomic mass is 16.4. The van der Waals surface area contributed by atoms with Crippen LogP contribution in [0.4, 0.5) is 0 Å². The van der Waals surface area contributed by atoms with Gasteiger partial charge in [0.25, 0.3) is 0 Å². The lowest BCUT2D eigenvalue weighted by atomic mass is 10.2. The highest BCUT2D eigenvalue weighted by Crippen LogP contribution is 2.42. The third-order valence-electron chi connectivity index (χ3n) is 2.51. The van der Waals surface area contributed by atoms with Crippen molar-refractivity contribution in [3.63, 3.8) is 0 Å². The SMILES string of the molecule is O=C(O)Cn1ccc(C(=O)O)c1C1CC1. The Morgan fingerprint density at radius 2 is 2.07 bits per heavy atom. The number of nitrogens with zero attached hydrogens (tertiary/aromatic N) is 1. The predicted octanol–water partition coefficient (Wildman–Crippen LogP) is 1.15. The van der Waals surface area contributed by atoms with E-state index in [9.17, 15) is 9.59 Å². The summed E-state index contributed by atoms with van der Waals surface area (Å²) in [7, 11) is 0. The van der Waals surface area contributed by atoms with Crippen molar-refractivity contribution in [2.24, 2.45) is 0 Å². The van der Waals surface area contributed by atoms with E-state index in [2.05, 4.69) is 0 Å².